The Balaban J connectivity index is 1.78. The lowest BCUT2D eigenvalue weighted by molar-refractivity contribution is 0.0696. The summed E-state index contributed by atoms with van der Waals surface area (Å²) in [5, 5.41) is 9.23. The van der Waals surface area contributed by atoms with E-state index in [4.69, 9.17) is 0 Å². The van der Waals surface area contributed by atoms with Crippen LogP contribution in [0, 0.1) is 13.8 Å². The van der Waals surface area contributed by atoms with Crippen molar-refractivity contribution >= 4 is 21.7 Å². The normalized spacial score (nSPS) is 15.8. The first kappa shape index (κ1) is 18.4. The van der Waals surface area contributed by atoms with Crippen molar-refractivity contribution in [2.45, 2.75) is 18.7 Å². The van der Waals surface area contributed by atoms with E-state index in [1.165, 1.54) is 22.0 Å². The van der Waals surface area contributed by atoms with Crippen LogP contribution in [-0.4, -0.2) is 50.0 Å². The van der Waals surface area contributed by atoms with Gasteiger partial charge in [-0.2, -0.15) is 4.31 Å². The number of carboxylic acid groups (broad SMARTS) is 1. The van der Waals surface area contributed by atoms with Crippen LogP contribution in [-0.2, 0) is 10.0 Å². The number of carboxylic acids is 1. The molecule has 0 amide bonds. The number of aryl methyl sites for hydroxylation is 2. The maximum atomic E-state index is 12.9. The molecule has 1 saturated heterocycles. The highest BCUT2D eigenvalue weighted by Gasteiger charge is 2.29. The van der Waals surface area contributed by atoms with Crippen molar-refractivity contribution in [3.8, 4) is 0 Å². The van der Waals surface area contributed by atoms with E-state index >= 15 is 0 Å². The molecule has 0 aromatic heterocycles. The van der Waals surface area contributed by atoms with Crippen molar-refractivity contribution in [3.05, 3.63) is 59.2 Å². The molecular weight excluding hydrogens is 352 g/mol. The van der Waals surface area contributed by atoms with Crippen LogP contribution in [0.5, 0.6) is 0 Å². The van der Waals surface area contributed by atoms with Gasteiger partial charge in [-0.05, 0) is 49.2 Å². The van der Waals surface area contributed by atoms with Crippen molar-refractivity contribution in [2.24, 2.45) is 0 Å². The van der Waals surface area contributed by atoms with E-state index in [0.29, 0.717) is 31.7 Å². The number of carbonyl (C=O) groups is 1. The van der Waals surface area contributed by atoms with Crippen molar-refractivity contribution < 1.29 is 18.3 Å². The molecule has 6 nitrogen and oxygen atoms in total. The molecule has 0 saturated carbocycles. The summed E-state index contributed by atoms with van der Waals surface area (Å²) in [7, 11) is -3.71. The third-order valence-electron chi connectivity index (χ3n) is 4.68. The summed E-state index contributed by atoms with van der Waals surface area (Å²) in [6.07, 6.45) is 0. The average Bonchev–Trinajstić information content (AvgIpc) is 2.62. The highest BCUT2D eigenvalue weighted by Crippen LogP contribution is 2.23. The van der Waals surface area contributed by atoms with E-state index in [1.807, 2.05) is 25.1 Å². The zero-order valence-corrected chi connectivity index (χ0v) is 15.7. The molecule has 1 heterocycles. The first-order chi connectivity index (χ1) is 12.3. The third kappa shape index (κ3) is 3.59. The molecule has 26 heavy (non-hydrogen) atoms. The maximum absolute atomic E-state index is 12.9. The van der Waals surface area contributed by atoms with Crippen LogP contribution in [0.1, 0.15) is 21.5 Å². The Bertz CT molecular complexity index is 932. The van der Waals surface area contributed by atoms with Crippen LogP contribution in [0.15, 0.2) is 47.4 Å². The van der Waals surface area contributed by atoms with Gasteiger partial charge in [-0.15, -0.1) is 0 Å². The highest BCUT2D eigenvalue weighted by molar-refractivity contribution is 7.89. The smallest absolute Gasteiger partial charge is 0.335 e. The summed E-state index contributed by atoms with van der Waals surface area (Å²) < 4.78 is 27.2. The molecule has 1 fully saturated rings. The summed E-state index contributed by atoms with van der Waals surface area (Å²) >= 11 is 0. The highest BCUT2D eigenvalue weighted by atomic mass is 32.2. The predicted molar refractivity (Wildman–Crippen MR) is 100 cm³/mol. The second-order valence-electron chi connectivity index (χ2n) is 6.51. The van der Waals surface area contributed by atoms with Gasteiger partial charge in [-0.3, -0.25) is 0 Å². The Morgan fingerprint density at radius 1 is 1.00 bits per heavy atom. The molecule has 1 aliphatic heterocycles. The Morgan fingerprint density at radius 3 is 2.31 bits per heavy atom. The van der Waals surface area contributed by atoms with E-state index in [9.17, 15) is 18.3 Å². The molecule has 2 aromatic rings. The number of sulfonamides is 1. The number of hydrogen-bond acceptors (Lipinski definition) is 4. The van der Waals surface area contributed by atoms with Gasteiger partial charge in [0.05, 0.1) is 10.5 Å². The molecule has 0 spiro atoms. The van der Waals surface area contributed by atoms with E-state index in [2.05, 4.69) is 11.0 Å². The van der Waals surface area contributed by atoms with Crippen molar-refractivity contribution in [3.63, 3.8) is 0 Å². The van der Waals surface area contributed by atoms with Crippen molar-refractivity contribution in [2.75, 3.05) is 31.1 Å². The Hall–Kier alpha value is -2.38. The van der Waals surface area contributed by atoms with Crippen LogP contribution in [0.25, 0.3) is 0 Å². The molecule has 1 aliphatic rings. The van der Waals surface area contributed by atoms with Crippen LogP contribution >= 0.6 is 0 Å². The summed E-state index contributed by atoms with van der Waals surface area (Å²) in [4.78, 5) is 13.5. The first-order valence-electron chi connectivity index (χ1n) is 8.45. The summed E-state index contributed by atoms with van der Waals surface area (Å²) in [5.74, 6) is -1.12. The summed E-state index contributed by atoms with van der Waals surface area (Å²) in [5.41, 5.74) is 2.81. The SMILES string of the molecule is Cc1cccc(N2CCN(S(=O)(=O)c3ccc(C)c(C(=O)O)c3)CC2)c1. The first-order valence-corrected chi connectivity index (χ1v) is 9.89. The maximum Gasteiger partial charge on any atom is 0.335 e. The lowest BCUT2D eigenvalue weighted by Crippen LogP contribution is -2.48. The molecular formula is C19H22N2O4S. The molecule has 0 bridgehead atoms. The minimum Gasteiger partial charge on any atom is -0.478 e. The molecule has 7 heteroatoms. The van der Waals surface area contributed by atoms with Gasteiger partial charge in [0, 0.05) is 31.9 Å². The standard InChI is InChI=1S/C19H22N2O4S/c1-14-4-3-5-16(12-14)20-8-10-21(11-9-20)26(24,25)17-7-6-15(2)18(13-17)19(22)23/h3-7,12-13H,8-11H2,1-2H3,(H,22,23). The van der Waals surface area contributed by atoms with Crippen LogP contribution in [0.3, 0.4) is 0 Å². The van der Waals surface area contributed by atoms with Crippen molar-refractivity contribution in [1.82, 2.24) is 4.31 Å². The van der Waals surface area contributed by atoms with Gasteiger partial charge in [0.25, 0.3) is 0 Å². The molecule has 0 radical (unpaired) electrons. The Morgan fingerprint density at radius 2 is 1.69 bits per heavy atom. The van der Waals surface area contributed by atoms with E-state index in [0.717, 1.165) is 5.69 Å². The fraction of sp³-hybridized carbons (Fsp3) is 0.316. The van der Waals surface area contributed by atoms with Gasteiger partial charge < -0.3 is 10.0 Å². The fourth-order valence-corrected chi connectivity index (χ4v) is 4.60. The van der Waals surface area contributed by atoms with E-state index < -0.39 is 16.0 Å². The average molecular weight is 374 g/mol. The summed E-state index contributed by atoms with van der Waals surface area (Å²) in [6, 6.07) is 12.4. The number of piperazine rings is 1. The van der Waals surface area contributed by atoms with Gasteiger partial charge >= 0.3 is 5.97 Å². The van der Waals surface area contributed by atoms with Gasteiger partial charge in [0.1, 0.15) is 0 Å². The molecule has 3 rings (SSSR count). The van der Waals surface area contributed by atoms with Gasteiger partial charge in [0.15, 0.2) is 0 Å². The minimum atomic E-state index is -3.71. The number of nitrogens with zero attached hydrogens (tertiary/aromatic N) is 2. The second-order valence-corrected chi connectivity index (χ2v) is 8.45. The third-order valence-corrected chi connectivity index (χ3v) is 6.58. The number of aromatic carboxylic acids is 1. The topological polar surface area (TPSA) is 77.9 Å². The molecule has 0 unspecified atom stereocenters. The van der Waals surface area contributed by atoms with Gasteiger partial charge in [-0.25, -0.2) is 13.2 Å². The predicted octanol–water partition coefficient (Wildman–Crippen LogP) is 2.51. The lowest BCUT2D eigenvalue weighted by Gasteiger charge is -2.35. The lowest BCUT2D eigenvalue weighted by atomic mass is 10.1. The summed E-state index contributed by atoms with van der Waals surface area (Å²) in [6.45, 7) is 5.61. The molecule has 1 N–H and O–H groups in total. The van der Waals surface area contributed by atoms with Crippen LogP contribution in [0.4, 0.5) is 5.69 Å². The quantitative estimate of drug-likeness (QED) is 0.890. The minimum absolute atomic E-state index is 0.0180. The number of rotatable bonds is 4. The monoisotopic (exact) mass is 374 g/mol. The van der Waals surface area contributed by atoms with E-state index in [1.54, 1.807) is 13.0 Å². The Kier molecular flexibility index (Phi) is 5.02. The number of anilines is 1. The van der Waals surface area contributed by atoms with Crippen LogP contribution in [0.2, 0.25) is 0 Å². The molecule has 0 aliphatic carbocycles. The van der Waals surface area contributed by atoms with Gasteiger partial charge in [0.2, 0.25) is 10.0 Å². The largest absolute Gasteiger partial charge is 0.478 e. The number of benzene rings is 2. The second kappa shape index (κ2) is 7.09. The van der Waals surface area contributed by atoms with Crippen molar-refractivity contribution in [1.29, 1.82) is 0 Å². The fourth-order valence-electron chi connectivity index (χ4n) is 3.15. The molecule has 2 aromatic carbocycles. The zero-order chi connectivity index (χ0) is 18.9. The molecule has 138 valence electrons. The van der Waals surface area contributed by atoms with Crippen LogP contribution < -0.4 is 4.90 Å². The Labute approximate surface area is 153 Å². The van der Waals surface area contributed by atoms with Gasteiger partial charge in [-0.1, -0.05) is 18.2 Å². The van der Waals surface area contributed by atoms with E-state index in [-0.39, 0.29) is 10.5 Å². The molecule has 0 atom stereocenters. The number of hydrogen-bond donors (Lipinski definition) is 1. The zero-order valence-electron chi connectivity index (χ0n) is 14.8.